The average molecular weight is 342 g/mol. The van der Waals surface area contributed by atoms with Gasteiger partial charge in [-0.3, -0.25) is 19.7 Å². The Labute approximate surface area is 134 Å². The average Bonchev–Trinajstić information content (AvgIpc) is 3.24. The molecule has 0 spiro atoms. The standard InChI is InChI=1S/C15H13F3N2O4/c16-15(17,18)7-1-4-9(11(21)5-7)14(24)20(8-2-3-8)10-6-12(22)19-13(10)23/h1,4-5,8,10,21H,2-3,6H2,(H,19,22,23)/t10-/m0/s1. The summed E-state index contributed by atoms with van der Waals surface area (Å²) >= 11 is 0. The van der Waals surface area contributed by atoms with Crippen molar-refractivity contribution in [2.45, 2.75) is 37.5 Å². The van der Waals surface area contributed by atoms with E-state index in [1.54, 1.807) is 0 Å². The Morgan fingerprint density at radius 1 is 1.25 bits per heavy atom. The highest BCUT2D eigenvalue weighted by Crippen LogP contribution is 2.36. The quantitative estimate of drug-likeness (QED) is 0.814. The molecule has 24 heavy (non-hydrogen) atoms. The molecule has 1 aliphatic heterocycles. The predicted octanol–water partition coefficient (Wildman–Crippen LogP) is 1.43. The zero-order chi connectivity index (χ0) is 17.6. The molecule has 2 fully saturated rings. The second-order valence-corrected chi connectivity index (χ2v) is 5.81. The minimum Gasteiger partial charge on any atom is -0.507 e. The number of carbonyl (C=O) groups excluding carboxylic acids is 3. The number of nitrogens with one attached hydrogen (secondary N) is 1. The molecule has 1 aliphatic carbocycles. The number of hydrogen-bond acceptors (Lipinski definition) is 4. The SMILES string of the molecule is O=C1C[C@H](N(C(=O)c2ccc(C(F)(F)F)cc2O)C2CC2)C(=O)N1. The van der Waals surface area contributed by atoms with Gasteiger partial charge in [0.2, 0.25) is 11.8 Å². The molecular weight excluding hydrogens is 329 g/mol. The maximum Gasteiger partial charge on any atom is 0.416 e. The minimum atomic E-state index is -4.65. The topological polar surface area (TPSA) is 86.7 Å². The van der Waals surface area contributed by atoms with Crippen molar-refractivity contribution in [3.63, 3.8) is 0 Å². The lowest BCUT2D eigenvalue weighted by molar-refractivity contribution is -0.137. The number of nitrogens with zero attached hydrogens (tertiary/aromatic N) is 1. The van der Waals surface area contributed by atoms with E-state index >= 15 is 0 Å². The molecule has 3 amide bonds. The normalized spacial score (nSPS) is 20.9. The third-order valence-electron chi connectivity index (χ3n) is 4.01. The van der Waals surface area contributed by atoms with Crippen LogP contribution in [-0.4, -0.2) is 39.8 Å². The van der Waals surface area contributed by atoms with Crippen LogP contribution in [0.5, 0.6) is 5.75 Å². The van der Waals surface area contributed by atoms with E-state index in [9.17, 15) is 32.7 Å². The number of phenolic OH excluding ortho intramolecular Hbond substituents is 1. The first-order valence-corrected chi connectivity index (χ1v) is 7.25. The fourth-order valence-corrected chi connectivity index (χ4v) is 2.71. The number of imide groups is 1. The van der Waals surface area contributed by atoms with Gasteiger partial charge in [-0.1, -0.05) is 0 Å². The Balaban J connectivity index is 1.91. The first kappa shape index (κ1) is 16.3. The molecule has 2 aliphatic rings. The number of aromatic hydroxyl groups is 1. The summed E-state index contributed by atoms with van der Waals surface area (Å²) in [5.74, 6) is -2.71. The van der Waals surface area contributed by atoms with Crippen molar-refractivity contribution in [2.24, 2.45) is 0 Å². The van der Waals surface area contributed by atoms with Crippen LogP contribution in [0.1, 0.15) is 35.2 Å². The van der Waals surface area contributed by atoms with E-state index in [0.717, 1.165) is 6.07 Å². The summed E-state index contributed by atoms with van der Waals surface area (Å²) in [4.78, 5) is 37.0. The van der Waals surface area contributed by atoms with Crippen molar-refractivity contribution in [2.75, 3.05) is 0 Å². The van der Waals surface area contributed by atoms with E-state index in [-0.39, 0.29) is 18.0 Å². The maximum atomic E-state index is 12.6. The zero-order valence-corrected chi connectivity index (χ0v) is 12.3. The molecule has 3 rings (SSSR count). The highest BCUT2D eigenvalue weighted by atomic mass is 19.4. The smallest absolute Gasteiger partial charge is 0.416 e. The van der Waals surface area contributed by atoms with Crippen LogP contribution in [0.4, 0.5) is 13.2 Å². The van der Waals surface area contributed by atoms with E-state index < -0.39 is 41.3 Å². The predicted molar refractivity (Wildman–Crippen MR) is 73.9 cm³/mol. The van der Waals surface area contributed by atoms with Gasteiger partial charge in [-0.25, -0.2) is 0 Å². The summed E-state index contributed by atoms with van der Waals surface area (Å²) in [5.41, 5.74) is -1.41. The van der Waals surface area contributed by atoms with Gasteiger partial charge in [0.25, 0.3) is 5.91 Å². The van der Waals surface area contributed by atoms with Gasteiger partial charge < -0.3 is 10.0 Å². The summed E-state index contributed by atoms with van der Waals surface area (Å²) in [6.45, 7) is 0. The van der Waals surface area contributed by atoms with Gasteiger partial charge in [-0.15, -0.1) is 0 Å². The van der Waals surface area contributed by atoms with Gasteiger partial charge in [0.15, 0.2) is 0 Å². The first-order chi connectivity index (χ1) is 11.2. The Kier molecular flexibility index (Phi) is 3.73. The van der Waals surface area contributed by atoms with Gasteiger partial charge in [0, 0.05) is 6.04 Å². The van der Waals surface area contributed by atoms with Gasteiger partial charge in [0.1, 0.15) is 11.8 Å². The second kappa shape index (κ2) is 5.50. The van der Waals surface area contributed by atoms with Crippen LogP contribution in [0.2, 0.25) is 0 Å². The van der Waals surface area contributed by atoms with E-state index in [2.05, 4.69) is 5.32 Å². The molecule has 0 unspecified atom stereocenters. The number of hydrogen-bond donors (Lipinski definition) is 2. The van der Waals surface area contributed by atoms with Crippen LogP contribution in [0.3, 0.4) is 0 Å². The number of alkyl halides is 3. The molecular formula is C15H13F3N2O4. The Hall–Kier alpha value is -2.58. The van der Waals surface area contributed by atoms with Crippen molar-refractivity contribution in [3.8, 4) is 5.75 Å². The van der Waals surface area contributed by atoms with Gasteiger partial charge >= 0.3 is 6.18 Å². The molecule has 6 nitrogen and oxygen atoms in total. The van der Waals surface area contributed by atoms with Crippen LogP contribution >= 0.6 is 0 Å². The van der Waals surface area contributed by atoms with Crippen molar-refractivity contribution < 1.29 is 32.7 Å². The molecule has 1 saturated heterocycles. The summed E-state index contributed by atoms with van der Waals surface area (Å²) < 4.78 is 37.9. The molecule has 0 radical (unpaired) electrons. The molecule has 1 aromatic rings. The lowest BCUT2D eigenvalue weighted by atomic mass is 10.1. The molecule has 9 heteroatoms. The molecule has 128 valence electrons. The van der Waals surface area contributed by atoms with Gasteiger partial charge in [-0.2, -0.15) is 13.2 Å². The van der Waals surface area contributed by atoms with Crippen LogP contribution in [0.25, 0.3) is 0 Å². The van der Waals surface area contributed by atoms with E-state index in [4.69, 9.17) is 0 Å². The monoisotopic (exact) mass is 342 g/mol. The molecule has 1 aromatic carbocycles. The minimum absolute atomic E-state index is 0.192. The fourth-order valence-electron chi connectivity index (χ4n) is 2.71. The third-order valence-corrected chi connectivity index (χ3v) is 4.01. The number of amides is 3. The van der Waals surface area contributed by atoms with Gasteiger partial charge in [0.05, 0.1) is 17.5 Å². The lowest BCUT2D eigenvalue weighted by Crippen LogP contribution is -2.46. The van der Waals surface area contributed by atoms with Crippen molar-refractivity contribution >= 4 is 17.7 Å². The first-order valence-electron chi connectivity index (χ1n) is 7.25. The van der Waals surface area contributed by atoms with E-state index in [1.807, 2.05) is 0 Å². The number of rotatable bonds is 3. The number of halogens is 3. The molecule has 1 atom stereocenters. The third kappa shape index (κ3) is 2.93. The number of carbonyl (C=O) groups is 3. The van der Waals surface area contributed by atoms with Crippen molar-refractivity contribution in [1.29, 1.82) is 0 Å². The van der Waals surface area contributed by atoms with E-state index in [1.165, 1.54) is 4.90 Å². The van der Waals surface area contributed by atoms with Crippen LogP contribution in [0, 0.1) is 0 Å². The fraction of sp³-hybridized carbons (Fsp3) is 0.400. The van der Waals surface area contributed by atoms with Crippen molar-refractivity contribution in [1.82, 2.24) is 10.2 Å². The van der Waals surface area contributed by atoms with Gasteiger partial charge in [-0.05, 0) is 31.0 Å². The number of benzene rings is 1. The summed E-state index contributed by atoms with van der Waals surface area (Å²) in [6.07, 6.45) is -3.58. The molecule has 2 N–H and O–H groups in total. The largest absolute Gasteiger partial charge is 0.507 e. The zero-order valence-electron chi connectivity index (χ0n) is 12.3. The molecule has 1 heterocycles. The highest BCUT2D eigenvalue weighted by molar-refractivity contribution is 6.08. The Bertz CT molecular complexity index is 728. The van der Waals surface area contributed by atoms with Crippen LogP contribution in [-0.2, 0) is 15.8 Å². The molecule has 1 saturated carbocycles. The van der Waals surface area contributed by atoms with E-state index in [0.29, 0.717) is 25.0 Å². The molecule has 0 aromatic heterocycles. The summed E-state index contributed by atoms with van der Waals surface area (Å²) in [6, 6.07) is 0.778. The number of phenols is 1. The van der Waals surface area contributed by atoms with Crippen molar-refractivity contribution in [3.05, 3.63) is 29.3 Å². The highest BCUT2D eigenvalue weighted by Gasteiger charge is 2.45. The second-order valence-electron chi connectivity index (χ2n) is 5.81. The Morgan fingerprint density at radius 3 is 2.38 bits per heavy atom. The Morgan fingerprint density at radius 2 is 1.92 bits per heavy atom. The summed E-state index contributed by atoms with van der Waals surface area (Å²) in [7, 11) is 0. The summed E-state index contributed by atoms with van der Waals surface area (Å²) in [5, 5.41) is 11.9. The molecule has 0 bridgehead atoms. The van der Waals surface area contributed by atoms with Crippen LogP contribution in [0.15, 0.2) is 18.2 Å². The lowest BCUT2D eigenvalue weighted by Gasteiger charge is -2.27. The maximum absolute atomic E-state index is 12.6. The van der Waals surface area contributed by atoms with Crippen LogP contribution < -0.4 is 5.32 Å².